The number of benzene rings is 2. The van der Waals surface area contributed by atoms with Crippen LogP contribution in [-0.4, -0.2) is 28.5 Å². The van der Waals surface area contributed by atoms with E-state index in [1.54, 1.807) is 18.2 Å². The molecule has 0 saturated carbocycles. The summed E-state index contributed by atoms with van der Waals surface area (Å²) in [5, 5.41) is 19.5. The highest BCUT2D eigenvalue weighted by Crippen LogP contribution is 2.25. The lowest BCUT2D eigenvalue weighted by molar-refractivity contribution is -0.117. The summed E-state index contributed by atoms with van der Waals surface area (Å²) in [6.45, 7) is 6.61. The van der Waals surface area contributed by atoms with Crippen molar-refractivity contribution in [3.8, 4) is 5.75 Å². The maximum absolute atomic E-state index is 12.1. The first-order valence-electron chi connectivity index (χ1n) is 8.16. The van der Waals surface area contributed by atoms with Crippen molar-refractivity contribution in [1.29, 1.82) is 0 Å². The Kier molecular flexibility index (Phi) is 5.38. The standard InChI is InChI=1S/C19H20N4O2S/c1-12-11-14(24)7-8-16(12)22-13(2)19(25)21-10-9-20-18-15-5-3-4-6-17(15)26-23-18/h3-8,11,22,24H,2,9-10H2,1H3,(H,20,23)(H,21,25). The zero-order chi connectivity index (χ0) is 18.5. The van der Waals surface area contributed by atoms with Crippen LogP contribution in [0.25, 0.3) is 10.1 Å². The molecular weight excluding hydrogens is 348 g/mol. The van der Waals surface area contributed by atoms with Gasteiger partial charge in [0.2, 0.25) is 0 Å². The molecule has 7 heteroatoms. The fourth-order valence-corrected chi connectivity index (χ4v) is 3.24. The van der Waals surface area contributed by atoms with E-state index in [4.69, 9.17) is 0 Å². The molecule has 26 heavy (non-hydrogen) atoms. The topological polar surface area (TPSA) is 86.3 Å². The molecule has 3 aromatic rings. The number of carbonyl (C=O) groups excluding carboxylic acids is 1. The van der Waals surface area contributed by atoms with Crippen LogP contribution in [-0.2, 0) is 4.79 Å². The van der Waals surface area contributed by atoms with Crippen molar-refractivity contribution < 1.29 is 9.90 Å². The third-order valence-electron chi connectivity index (χ3n) is 3.85. The number of rotatable bonds is 7. The lowest BCUT2D eigenvalue weighted by Gasteiger charge is -2.12. The molecule has 2 aromatic carbocycles. The molecule has 0 aliphatic rings. The number of carbonyl (C=O) groups is 1. The summed E-state index contributed by atoms with van der Waals surface area (Å²) < 4.78 is 5.51. The molecule has 0 spiro atoms. The van der Waals surface area contributed by atoms with E-state index in [0.29, 0.717) is 13.1 Å². The van der Waals surface area contributed by atoms with Crippen molar-refractivity contribution >= 4 is 39.0 Å². The van der Waals surface area contributed by atoms with Crippen LogP contribution < -0.4 is 16.0 Å². The van der Waals surface area contributed by atoms with E-state index in [2.05, 4.69) is 26.9 Å². The van der Waals surface area contributed by atoms with Gasteiger partial charge in [0.1, 0.15) is 11.6 Å². The van der Waals surface area contributed by atoms with E-state index in [1.165, 1.54) is 11.5 Å². The summed E-state index contributed by atoms with van der Waals surface area (Å²) in [4.78, 5) is 12.1. The number of aromatic nitrogens is 1. The number of nitrogens with one attached hydrogen (secondary N) is 3. The van der Waals surface area contributed by atoms with Crippen LogP contribution >= 0.6 is 11.5 Å². The van der Waals surface area contributed by atoms with Gasteiger partial charge in [-0.3, -0.25) is 4.79 Å². The Bertz CT molecular complexity index is 952. The Morgan fingerprint density at radius 3 is 2.85 bits per heavy atom. The van der Waals surface area contributed by atoms with Crippen molar-refractivity contribution in [1.82, 2.24) is 9.69 Å². The second-order valence-electron chi connectivity index (χ2n) is 5.81. The van der Waals surface area contributed by atoms with Gasteiger partial charge in [0.05, 0.1) is 10.4 Å². The van der Waals surface area contributed by atoms with Crippen molar-refractivity contribution in [2.45, 2.75) is 6.92 Å². The minimum Gasteiger partial charge on any atom is -0.508 e. The summed E-state index contributed by atoms with van der Waals surface area (Å²) in [7, 11) is 0. The van der Waals surface area contributed by atoms with Crippen molar-refractivity contribution in [2.24, 2.45) is 0 Å². The molecule has 134 valence electrons. The molecule has 0 bridgehead atoms. The number of hydrogen-bond donors (Lipinski definition) is 4. The van der Waals surface area contributed by atoms with Gasteiger partial charge in [-0.2, -0.15) is 4.37 Å². The largest absolute Gasteiger partial charge is 0.508 e. The second-order valence-corrected chi connectivity index (χ2v) is 6.62. The van der Waals surface area contributed by atoms with Gasteiger partial charge in [0.25, 0.3) is 5.91 Å². The first-order chi connectivity index (χ1) is 12.5. The quantitative estimate of drug-likeness (QED) is 0.291. The van der Waals surface area contributed by atoms with Crippen LogP contribution in [0.15, 0.2) is 54.7 Å². The minimum atomic E-state index is -0.276. The molecule has 0 aliphatic carbocycles. The summed E-state index contributed by atoms with van der Waals surface area (Å²) in [6, 6.07) is 12.9. The summed E-state index contributed by atoms with van der Waals surface area (Å²) in [5.41, 5.74) is 1.81. The Labute approximate surface area is 155 Å². The smallest absolute Gasteiger partial charge is 0.267 e. The highest BCUT2D eigenvalue weighted by atomic mass is 32.1. The number of fused-ring (bicyclic) bond motifs is 1. The molecule has 0 aliphatic heterocycles. The van der Waals surface area contributed by atoms with E-state index >= 15 is 0 Å². The van der Waals surface area contributed by atoms with Gasteiger partial charge in [-0.1, -0.05) is 18.7 Å². The molecule has 4 N–H and O–H groups in total. The Morgan fingerprint density at radius 1 is 1.23 bits per heavy atom. The summed E-state index contributed by atoms with van der Waals surface area (Å²) >= 11 is 1.44. The Morgan fingerprint density at radius 2 is 2.04 bits per heavy atom. The number of phenolic OH excluding ortho intramolecular Hbond substituents is 1. The van der Waals surface area contributed by atoms with Crippen LogP contribution in [0.5, 0.6) is 5.75 Å². The van der Waals surface area contributed by atoms with Crippen molar-refractivity contribution in [3.63, 3.8) is 0 Å². The van der Waals surface area contributed by atoms with Gasteiger partial charge in [-0.25, -0.2) is 0 Å². The zero-order valence-corrected chi connectivity index (χ0v) is 15.2. The molecule has 6 nitrogen and oxygen atoms in total. The van der Waals surface area contributed by atoms with E-state index in [0.717, 1.165) is 27.2 Å². The first-order valence-corrected chi connectivity index (χ1v) is 8.94. The SMILES string of the molecule is C=C(Nc1ccc(O)cc1C)C(=O)NCCNc1nsc2ccccc12. The van der Waals surface area contributed by atoms with Gasteiger partial charge in [-0.15, -0.1) is 0 Å². The fraction of sp³-hybridized carbons (Fsp3) is 0.158. The lowest BCUT2D eigenvalue weighted by atomic mass is 10.2. The molecular formula is C19H20N4O2S. The normalized spacial score (nSPS) is 10.5. The molecule has 0 saturated heterocycles. The number of hydrogen-bond acceptors (Lipinski definition) is 6. The van der Waals surface area contributed by atoms with Crippen LogP contribution in [0.1, 0.15) is 5.56 Å². The van der Waals surface area contributed by atoms with Gasteiger partial charge >= 0.3 is 0 Å². The summed E-state index contributed by atoms with van der Waals surface area (Å²) in [5.74, 6) is 0.739. The molecule has 3 rings (SSSR count). The van der Waals surface area contributed by atoms with E-state index in [1.807, 2.05) is 31.2 Å². The second kappa shape index (κ2) is 7.88. The number of amides is 1. The van der Waals surface area contributed by atoms with Gasteiger partial charge < -0.3 is 21.1 Å². The van der Waals surface area contributed by atoms with Crippen molar-refractivity contribution in [3.05, 3.63) is 60.3 Å². The number of anilines is 2. The van der Waals surface area contributed by atoms with Crippen LogP contribution in [0.3, 0.4) is 0 Å². The third-order valence-corrected chi connectivity index (χ3v) is 4.68. The Balaban J connectivity index is 1.47. The third kappa shape index (κ3) is 4.12. The Hall–Kier alpha value is -3.06. The molecule has 0 atom stereocenters. The predicted molar refractivity (Wildman–Crippen MR) is 107 cm³/mol. The van der Waals surface area contributed by atoms with Crippen LogP contribution in [0.2, 0.25) is 0 Å². The first kappa shape index (κ1) is 17.8. The maximum Gasteiger partial charge on any atom is 0.267 e. The molecule has 1 heterocycles. The average molecular weight is 368 g/mol. The van der Waals surface area contributed by atoms with Gasteiger partial charge in [0, 0.05) is 24.2 Å². The minimum absolute atomic E-state index is 0.184. The number of nitrogens with zero attached hydrogens (tertiary/aromatic N) is 1. The number of aryl methyl sites for hydroxylation is 1. The van der Waals surface area contributed by atoms with Crippen molar-refractivity contribution in [2.75, 3.05) is 23.7 Å². The van der Waals surface area contributed by atoms with Crippen LogP contribution in [0.4, 0.5) is 11.5 Å². The molecule has 1 aromatic heterocycles. The zero-order valence-electron chi connectivity index (χ0n) is 14.4. The summed E-state index contributed by atoms with van der Waals surface area (Å²) in [6.07, 6.45) is 0. The maximum atomic E-state index is 12.1. The number of aromatic hydroxyl groups is 1. The van der Waals surface area contributed by atoms with E-state index in [9.17, 15) is 9.90 Å². The van der Waals surface area contributed by atoms with Crippen LogP contribution in [0, 0.1) is 6.92 Å². The highest BCUT2D eigenvalue weighted by molar-refractivity contribution is 7.13. The predicted octanol–water partition coefficient (Wildman–Crippen LogP) is 3.46. The molecule has 0 unspecified atom stereocenters. The van der Waals surface area contributed by atoms with Gasteiger partial charge in [0.15, 0.2) is 0 Å². The van der Waals surface area contributed by atoms with E-state index < -0.39 is 0 Å². The average Bonchev–Trinajstić information content (AvgIpc) is 3.04. The van der Waals surface area contributed by atoms with E-state index in [-0.39, 0.29) is 17.4 Å². The molecule has 0 radical (unpaired) electrons. The fourth-order valence-electron chi connectivity index (χ4n) is 2.48. The van der Waals surface area contributed by atoms with Gasteiger partial charge in [-0.05, 0) is 54.4 Å². The molecule has 1 amide bonds. The lowest BCUT2D eigenvalue weighted by Crippen LogP contribution is -2.31. The molecule has 0 fully saturated rings. The monoisotopic (exact) mass is 368 g/mol. The number of phenols is 1. The highest BCUT2D eigenvalue weighted by Gasteiger charge is 2.09.